The second-order valence-corrected chi connectivity index (χ2v) is 10.1. The molecular formula is C28H50O5. The maximum Gasteiger partial charge on any atom is 0.342 e. The fraction of sp³-hybridized carbons (Fsp3) is 0.929. The van der Waals surface area contributed by atoms with E-state index in [2.05, 4.69) is 13.8 Å². The number of epoxide rings is 1. The highest BCUT2D eigenvalue weighted by molar-refractivity contribution is 5.91. The quantitative estimate of drug-likeness (QED) is 0.107. The van der Waals surface area contributed by atoms with E-state index in [-0.39, 0.29) is 18.0 Å². The molecule has 0 aromatic rings. The topological polar surface area (TPSA) is 65.1 Å². The fourth-order valence-electron chi connectivity index (χ4n) is 5.14. The van der Waals surface area contributed by atoms with Gasteiger partial charge in [0, 0.05) is 0 Å². The van der Waals surface area contributed by atoms with Crippen molar-refractivity contribution in [1.82, 2.24) is 0 Å². The van der Waals surface area contributed by atoms with Gasteiger partial charge in [0.1, 0.15) is 0 Å². The van der Waals surface area contributed by atoms with E-state index < -0.39 is 11.5 Å². The number of carbonyl (C=O) groups excluding carboxylic acids is 2. The van der Waals surface area contributed by atoms with Gasteiger partial charge in [0.25, 0.3) is 0 Å². The summed E-state index contributed by atoms with van der Waals surface area (Å²) in [6.07, 6.45) is 21.5. The number of hydrogen-bond acceptors (Lipinski definition) is 5. The van der Waals surface area contributed by atoms with Crippen molar-refractivity contribution in [2.45, 2.75) is 148 Å². The molecule has 33 heavy (non-hydrogen) atoms. The summed E-state index contributed by atoms with van der Waals surface area (Å²) in [6.45, 7) is 5.33. The lowest BCUT2D eigenvalue weighted by atomic mass is 9.79. The van der Waals surface area contributed by atoms with Crippen LogP contribution in [-0.4, -0.2) is 36.9 Å². The number of esters is 2. The molecule has 0 aromatic carbocycles. The zero-order valence-electron chi connectivity index (χ0n) is 21.5. The molecule has 2 rings (SSSR count). The molecule has 1 saturated heterocycles. The minimum absolute atomic E-state index is 0.169. The van der Waals surface area contributed by atoms with E-state index in [1.54, 1.807) is 0 Å². The van der Waals surface area contributed by atoms with Gasteiger partial charge >= 0.3 is 11.9 Å². The van der Waals surface area contributed by atoms with Crippen LogP contribution in [0.25, 0.3) is 0 Å². The molecule has 3 unspecified atom stereocenters. The summed E-state index contributed by atoms with van der Waals surface area (Å²) < 4.78 is 17.0. The number of carbonyl (C=O) groups is 2. The summed E-state index contributed by atoms with van der Waals surface area (Å²) in [5.41, 5.74) is -1.06. The Hall–Kier alpha value is -1.10. The van der Waals surface area contributed by atoms with Crippen molar-refractivity contribution >= 4 is 11.9 Å². The molecule has 5 heteroatoms. The molecule has 0 N–H and O–H groups in total. The Morgan fingerprint density at radius 2 is 1.18 bits per heavy atom. The molecule has 1 saturated carbocycles. The minimum atomic E-state index is -1.06. The van der Waals surface area contributed by atoms with Gasteiger partial charge in [0.15, 0.2) is 0 Å². The first-order valence-electron chi connectivity index (χ1n) is 14.2. The summed E-state index contributed by atoms with van der Waals surface area (Å²) in [5, 5.41) is 0. The maximum absolute atomic E-state index is 12.9. The van der Waals surface area contributed by atoms with Crippen LogP contribution >= 0.6 is 0 Å². The van der Waals surface area contributed by atoms with Gasteiger partial charge in [-0.15, -0.1) is 0 Å². The zero-order valence-corrected chi connectivity index (χ0v) is 21.5. The van der Waals surface area contributed by atoms with Gasteiger partial charge in [-0.2, -0.15) is 0 Å². The maximum atomic E-state index is 12.9. The number of unbranched alkanes of at least 4 members (excludes halogenated alkanes) is 14. The van der Waals surface area contributed by atoms with Crippen molar-refractivity contribution in [2.24, 2.45) is 5.92 Å². The summed E-state index contributed by atoms with van der Waals surface area (Å²) in [5.74, 6) is -1.12. The molecule has 3 atom stereocenters. The van der Waals surface area contributed by atoms with E-state index in [0.717, 1.165) is 38.5 Å². The highest BCUT2D eigenvalue weighted by Crippen LogP contribution is 2.52. The second-order valence-electron chi connectivity index (χ2n) is 10.1. The van der Waals surface area contributed by atoms with Crippen LogP contribution in [0.2, 0.25) is 0 Å². The zero-order chi connectivity index (χ0) is 23.8. The molecule has 192 valence electrons. The van der Waals surface area contributed by atoms with Crippen LogP contribution in [0.4, 0.5) is 0 Å². The van der Waals surface area contributed by atoms with Gasteiger partial charge in [-0.1, -0.05) is 104 Å². The van der Waals surface area contributed by atoms with Crippen LogP contribution in [0.15, 0.2) is 0 Å². The number of ether oxygens (including phenoxy) is 3. The summed E-state index contributed by atoms with van der Waals surface area (Å²) in [6, 6.07) is 0. The predicted molar refractivity (Wildman–Crippen MR) is 132 cm³/mol. The SMILES string of the molecule is CCCCCCCCCCOC(=O)C1CCCC2OC21C(=O)OCCCCCCCCCC. The van der Waals surface area contributed by atoms with E-state index in [1.165, 1.54) is 77.0 Å². The van der Waals surface area contributed by atoms with Crippen molar-refractivity contribution in [3.05, 3.63) is 0 Å². The lowest BCUT2D eigenvalue weighted by molar-refractivity contribution is -0.163. The average Bonchev–Trinajstić information content (AvgIpc) is 3.58. The van der Waals surface area contributed by atoms with E-state index in [0.29, 0.717) is 19.6 Å². The minimum Gasteiger partial charge on any atom is -0.465 e. The molecule has 0 bridgehead atoms. The Morgan fingerprint density at radius 1 is 0.697 bits per heavy atom. The van der Waals surface area contributed by atoms with E-state index >= 15 is 0 Å². The molecule has 0 spiro atoms. The van der Waals surface area contributed by atoms with Gasteiger partial charge in [0.2, 0.25) is 5.60 Å². The Labute approximate surface area is 202 Å². The highest BCUT2D eigenvalue weighted by Gasteiger charge is 2.71. The van der Waals surface area contributed by atoms with Crippen LogP contribution in [0.5, 0.6) is 0 Å². The van der Waals surface area contributed by atoms with E-state index in [1.807, 2.05) is 0 Å². The first-order valence-corrected chi connectivity index (χ1v) is 14.2. The van der Waals surface area contributed by atoms with Gasteiger partial charge in [-0.3, -0.25) is 4.79 Å². The lowest BCUT2D eigenvalue weighted by Gasteiger charge is -2.25. The molecule has 2 fully saturated rings. The number of rotatable bonds is 20. The summed E-state index contributed by atoms with van der Waals surface area (Å²) in [4.78, 5) is 25.6. The molecule has 1 heterocycles. The Bertz CT molecular complexity index is 548. The second kappa shape index (κ2) is 16.5. The van der Waals surface area contributed by atoms with Crippen molar-refractivity contribution in [3.8, 4) is 0 Å². The molecule has 1 aliphatic carbocycles. The van der Waals surface area contributed by atoms with Crippen molar-refractivity contribution in [3.63, 3.8) is 0 Å². The number of hydrogen-bond donors (Lipinski definition) is 0. The van der Waals surface area contributed by atoms with Crippen LogP contribution in [0.3, 0.4) is 0 Å². The van der Waals surface area contributed by atoms with Crippen LogP contribution < -0.4 is 0 Å². The third-order valence-electron chi connectivity index (χ3n) is 7.31. The molecule has 0 radical (unpaired) electrons. The normalized spacial score (nSPS) is 23.7. The molecule has 0 aromatic heterocycles. The summed E-state index contributed by atoms with van der Waals surface area (Å²) >= 11 is 0. The Morgan fingerprint density at radius 3 is 1.73 bits per heavy atom. The first kappa shape index (κ1) is 28.1. The standard InChI is InChI=1S/C28H50O5/c1-3-5-7-9-11-13-15-17-22-31-26(29)24-20-19-21-25-28(24,33-25)27(30)32-23-18-16-14-12-10-8-6-4-2/h24-25H,3-23H2,1-2H3. The summed E-state index contributed by atoms with van der Waals surface area (Å²) in [7, 11) is 0. The molecular weight excluding hydrogens is 416 g/mol. The molecule has 1 aliphatic heterocycles. The smallest absolute Gasteiger partial charge is 0.342 e. The van der Waals surface area contributed by atoms with Crippen molar-refractivity contribution < 1.29 is 23.8 Å². The monoisotopic (exact) mass is 466 g/mol. The van der Waals surface area contributed by atoms with Gasteiger partial charge in [-0.05, 0) is 32.1 Å². The van der Waals surface area contributed by atoms with E-state index in [9.17, 15) is 9.59 Å². The van der Waals surface area contributed by atoms with Crippen molar-refractivity contribution in [1.29, 1.82) is 0 Å². The van der Waals surface area contributed by atoms with Gasteiger partial charge in [0.05, 0.1) is 25.2 Å². The number of fused-ring (bicyclic) bond motifs is 1. The fourth-order valence-corrected chi connectivity index (χ4v) is 5.14. The Kier molecular flexibility index (Phi) is 14.1. The first-order chi connectivity index (χ1) is 16.2. The van der Waals surface area contributed by atoms with Gasteiger partial charge in [-0.25, -0.2) is 4.79 Å². The molecule has 2 aliphatic rings. The predicted octanol–water partition coefficient (Wildman–Crippen LogP) is 7.29. The third kappa shape index (κ3) is 9.58. The van der Waals surface area contributed by atoms with E-state index in [4.69, 9.17) is 14.2 Å². The lowest BCUT2D eigenvalue weighted by Crippen LogP contribution is -2.44. The largest absolute Gasteiger partial charge is 0.465 e. The van der Waals surface area contributed by atoms with Gasteiger partial charge < -0.3 is 14.2 Å². The Balaban J connectivity index is 1.60. The molecule has 5 nitrogen and oxygen atoms in total. The van der Waals surface area contributed by atoms with Crippen LogP contribution in [-0.2, 0) is 23.8 Å². The van der Waals surface area contributed by atoms with Crippen LogP contribution in [0, 0.1) is 5.92 Å². The van der Waals surface area contributed by atoms with Crippen LogP contribution in [0.1, 0.15) is 136 Å². The van der Waals surface area contributed by atoms with Crippen molar-refractivity contribution in [2.75, 3.05) is 13.2 Å². The average molecular weight is 467 g/mol. The third-order valence-corrected chi connectivity index (χ3v) is 7.31. The highest BCUT2D eigenvalue weighted by atomic mass is 16.7. The molecule has 0 amide bonds.